The summed E-state index contributed by atoms with van der Waals surface area (Å²) in [5.41, 5.74) is 12.9. The highest BCUT2D eigenvalue weighted by atomic mass is 16.1. The Labute approximate surface area is 108 Å². The van der Waals surface area contributed by atoms with E-state index in [1.807, 2.05) is 24.3 Å². The van der Waals surface area contributed by atoms with Gasteiger partial charge in [0.15, 0.2) is 0 Å². The van der Waals surface area contributed by atoms with Crippen molar-refractivity contribution in [2.75, 3.05) is 6.54 Å². The first-order valence-corrected chi connectivity index (χ1v) is 6.51. The molecule has 0 unspecified atom stereocenters. The van der Waals surface area contributed by atoms with Gasteiger partial charge in [0, 0.05) is 18.7 Å². The largest absolute Gasteiger partial charge is 0.345 e. The minimum absolute atomic E-state index is 0.0362. The summed E-state index contributed by atoms with van der Waals surface area (Å²) < 4.78 is 0. The summed E-state index contributed by atoms with van der Waals surface area (Å²) in [5, 5.41) is 3.10. The van der Waals surface area contributed by atoms with Crippen molar-refractivity contribution in [2.24, 2.45) is 11.5 Å². The van der Waals surface area contributed by atoms with Gasteiger partial charge in [0.05, 0.1) is 5.54 Å². The van der Waals surface area contributed by atoms with E-state index in [4.69, 9.17) is 11.5 Å². The normalized spacial score (nSPS) is 17.7. The summed E-state index contributed by atoms with van der Waals surface area (Å²) in [7, 11) is 0. The Morgan fingerprint density at radius 2 is 1.78 bits per heavy atom. The fraction of sp³-hybridized carbons (Fsp3) is 0.500. The van der Waals surface area contributed by atoms with Crippen LogP contribution in [0.3, 0.4) is 0 Å². The van der Waals surface area contributed by atoms with Gasteiger partial charge in [-0.05, 0) is 30.5 Å². The molecule has 1 aliphatic rings. The molecular formula is C14H21N3O. The third-order valence-corrected chi connectivity index (χ3v) is 3.78. The molecule has 0 bridgehead atoms. The van der Waals surface area contributed by atoms with Gasteiger partial charge in [0.1, 0.15) is 0 Å². The van der Waals surface area contributed by atoms with Crippen LogP contribution in [0.15, 0.2) is 24.3 Å². The van der Waals surface area contributed by atoms with E-state index < -0.39 is 0 Å². The Kier molecular flexibility index (Phi) is 3.99. The lowest BCUT2D eigenvalue weighted by molar-refractivity contribution is 0.0903. The summed E-state index contributed by atoms with van der Waals surface area (Å²) in [6.07, 6.45) is 4.25. The number of hydrogen-bond acceptors (Lipinski definition) is 3. The van der Waals surface area contributed by atoms with E-state index in [-0.39, 0.29) is 11.4 Å². The van der Waals surface area contributed by atoms with Gasteiger partial charge in [-0.15, -0.1) is 0 Å². The summed E-state index contributed by atoms with van der Waals surface area (Å²) in [4.78, 5) is 12.2. The molecule has 5 N–H and O–H groups in total. The highest BCUT2D eigenvalue weighted by Gasteiger charge is 2.33. The maximum atomic E-state index is 12.2. The number of carbonyl (C=O) groups excluding carboxylic acids is 1. The van der Waals surface area contributed by atoms with Crippen LogP contribution >= 0.6 is 0 Å². The third-order valence-electron chi connectivity index (χ3n) is 3.78. The number of amides is 1. The molecule has 1 aromatic carbocycles. The first kappa shape index (κ1) is 13.1. The molecule has 4 nitrogen and oxygen atoms in total. The van der Waals surface area contributed by atoms with Crippen molar-refractivity contribution in [3.63, 3.8) is 0 Å². The van der Waals surface area contributed by atoms with E-state index in [0.717, 1.165) is 31.2 Å². The van der Waals surface area contributed by atoms with E-state index in [1.165, 1.54) is 0 Å². The molecule has 2 rings (SSSR count). The van der Waals surface area contributed by atoms with Crippen molar-refractivity contribution < 1.29 is 4.79 Å². The number of rotatable bonds is 4. The first-order chi connectivity index (χ1) is 8.69. The Morgan fingerprint density at radius 1 is 1.17 bits per heavy atom. The van der Waals surface area contributed by atoms with Crippen LogP contribution in [-0.4, -0.2) is 18.0 Å². The van der Waals surface area contributed by atoms with Crippen LogP contribution in [0.4, 0.5) is 0 Å². The van der Waals surface area contributed by atoms with E-state index in [2.05, 4.69) is 5.32 Å². The van der Waals surface area contributed by atoms with Crippen molar-refractivity contribution in [3.05, 3.63) is 35.4 Å². The molecule has 1 fully saturated rings. The fourth-order valence-electron chi connectivity index (χ4n) is 2.54. The molecule has 0 aliphatic heterocycles. The quantitative estimate of drug-likeness (QED) is 0.746. The fourth-order valence-corrected chi connectivity index (χ4v) is 2.54. The SMILES string of the molecule is NCc1ccc(C(=O)NC2(CN)CCCC2)cc1. The molecule has 1 aromatic rings. The molecule has 0 aromatic heterocycles. The highest BCUT2D eigenvalue weighted by Crippen LogP contribution is 2.28. The zero-order chi connectivity index (χ0) is 13.0. The molecular weight excluding hydrogens is 226 g/mol. The van der Waals surface area contributed by atoms with Crippen LogP contribution in [0, 0.1) is 0 Å². The van der Waals surface area contributed by atoms with Gasteiger partial charge in [0.2, 0.25) is 0 Å². The lowest BCUT2D eigenvalue weighted by Gasteiger charge is -2.28. The third kappa shape index (κ3) is 2.71. The average molecular weight is 247 g/mol. The lowest BCUT2D eigenvalue weighted by atomic mass is 9.97. The van der Waals surface area contributed by atoms with Gasteiger partial charge in [0.25, 0.3) is 5.91 Å². The molecule has 0 atom stereocenters. The van der Waals surface area contributed by atoms with E-state index in [9.17, 15) is 4.79 Å². The van der Waals surface area contributed by atoms with Crippen LogP contribution in [0.1, 0.15) is 41.6 Å². The second-order valence-electron chi connectivity index (χ2n) is 5.05. The van der Waals surface area contributed by atoms with Gasteiger partial charge in [-0.3, -0.25) is 4.79 Å². The lowest BCUT2D eigenvalue weighted by Crippen LogP contribution is -2.51. The van der Waals surface area contributed by atoms with Gasteiger partial charge in [-0.25, -0.2) is 0 Å². The molecule has 1 aliphatic carbocycles. The van der Waals surface area contributed by atoms with Crippen molar-refractivity contribution in [3.8, 4) is 0 Å². The maximum Gasteiger partial charge on any atom is 0.251 e. The predicted molar refractivity (Wildman–Crippen MR) is 72.1 cm³/mol. The molecule has 0 spiro atoms. The van der Waals surface area contributed by atoms with Crippen molar-refractivity contribution in [1.29, 1.82) is 0 Å². The zero-order valence-electron chi connectivity index (χ0n) is 10.6. The minimum Gasteiger partial charge on any atom is -0.345 e. The zero-order valence-corrected chi connectivity index (χ0v) is 10.6. The predicted octanol–water partition coefficient (Wildman–Crippen LogP) is 1.15. The highest BCUT2D eigenvalue weighted by molar-refractivity contribution is 5.94. The average Bonchev–Trinajstić information content (AvgIpc) is 2.88. The Hall–Kier alpha value is -1.39. The molecule has 4 heteroatoms. The summed E-state index contributed by atoms with van der Waals surface area (Å²) in [6.45, 7) is 1.01. The number of nitrogens with one attached hydrogen (secondary N) is 1. The Morgan fingerprint density at radius 3 is 2.28 bits per heavy atom. The molecule has 1 amide bonds. The van der Waals surface area contributed by atoms with E-state index in [0.29, 0.717) is 18.7 Å². The standard InChI is InChI=1S/C14H21N3O/c15-9-11-3-5-12(6-4-11)13(18)17-14(10-16)7-1-2-8-14/h3-6H,1-2,7-10,15-16H2,(H,17,18). The number of carbonyl (C=O) groups is 1. The molecule has 0 radical (unpaired) electrons. The number of benzene rings is 1. The van der Waals surface area contributed by atoms with Crippen molar-refractivity contribution in [2.45, 2.75) is 37.8 Å². The molecule has 0 heterocycles. The maximum absolute atomic E-state index is 12.2. The molecule has 18 heavy (non-hydrogen) atoms. The van der Waals surface area contributed by atoms with E-state index in [1.54, 1.807) is 0 Å². The summed E-state index contributed by atoms with van der Waals surface area (Å²) in [6, 6.07) is 7.41. The van der Waals surface area contributed by atoms with Crippen LogP contribution in [0.2, 0.25) is 0 Å². The van der Waals surface area contributed by atoms with Gasteiger partial charge in [-0.2, -0.15) is 0 Å². The van der Waals surface area contributed by atoms with Gasteiger partial charge < -0.3 is 16.8 Å². The van der Waals surface area contributed by atoms with Gasteiger partial charge >= 0.3 is 0 Å². The van der Waals surface area contributed by atoms with Crippen LogP contribution < -0.4 is 16.8 Å². The Balaban J connectivity index is 2.06. The second-order valence-corrected chi connectivity index (χ2v) is 5.05. The van der Waals surface area contributed by atoms with Crippen LogP contribution in [-0.2, 0) is 6.54 Å². The topological polar surface area (TPSA) is 81.1 Å². The summed E-state index contributed by atoms with van der Waals surface area (Å²) in [5.74, 6) is -0.0362. The minimum atomic E-state index is -0.191. The smallest absolute Gasteiger partial charge is 0.251 e. The van der Waals surface area contributed by atoms with E-state index >= 15 is 0 Å². The summed E-state index contributed by atoms with van der Waals surface area (Å²) >= 11 is 0. The molecule has 1 saturated carbocycles. The number of hydrogen-bond donors (Lipinski definition) is 3. The first-order valence-electron chi connectivity index (χ1n) is 6.51. The van der Waals surface area contributed by atoms with Crippen molar-refractivity contribution >= 4 is 5.91 Å². The number of nitrogens with two attached hydrogens (primary N) is 2. The Bertz CT molecular complexity index is 408. The molecule has 0 saturated heterocycles. The van der Waals surface area contributed by atoms with Gasteiger partial charge in [-0.1, -0.05) is 25.0 Å². The second kappa shape index (κ2) is 5.50. The van der Waals surface area contributed by atoms with Crippen LogP contribution in [0.25, 0.3) is 0 Å². The van der Waals surface area contributed by atoms with Crippen LogP contribution in [0.5, 0.6) is 0 Å². The molecule has 98 valence electrons. The van der Waals surface area contributed by atoms with Crippen molar-refractivity contribution in [1.82, 2.24) is 5.32 Å². The monoisotopic (exact) mass is 247 g/mol.